The van der Waals surface area contributed by atoms with E-state index in [1.54, 1.807) is 37.3 Å². The molecule has 0 aromatic heterocycles. The molecule has 2 N–H and O–H groups in total. The van der Waals surface area contributed by atoms with E-state index in [9.17, 15) is 18.8 Å². The van der Waals surface area contributed by atoms with Gasteiger partial charge in [0.15, 0.2) is 0 Å². The van der Waals surface area contributed by atoms with Crippen LogP contribution >= 0.6 is 34.8 Å². The molecule has 0 radical (unpaired) electrons. The highest BCUT2D eigenvalue weighted by Gasteiger charge is 2.39. The maximum atomic E-state index is 13.3. The number of carbonyl (C=O) groups excluding carboxylic acids is 3. The fourth-order valence-corrected chi connectivity index (χ4v) is 3.87. The smallest absolute Gasteiger partial charge is 0.283 e. The van der Waals surface area contributed by atoms with Crippen LogP contribution in [0.2, 0.25) is 10.0 Å². The van der Waals surface area contributed by atoms with Crippen molar-refractivity contribution >= 4 is 69.6 Å². The molecule has 172 valence electrons. The van der Waals surface area contributed by atoms with Gasteiger partial charge in [-0.1, -0.05) is 46.9 Å². The lowest BCUT2D eigenvalue weighted by Gasteiger charge is -2.18. The summed E-state index contributed by atoms with van der Waals surface area (Å²) in [5.41, 5.74) is 1.75. The number of aryl methyl sites for hydroxylation is 1. The third-order valence-corrected chi connectivity index (χ3v) is 5.89. The molecule has 0 unspecified atom stereocenters. The number of rotatable bonds is 5. The molecule has 0 saturated heterocycles. The average Bonchev–Trinajstić information content (AvgIpc) is 3.01. The maximum absolute atomic E-state index is 13.3. The summed E-state index contributed by atoms with van der Waals surface area (Å²) in [4.78, 5) is 39.4. The van der Waals surface area contributed by atoms with E-state index in [2.05, 4.69) is 10.6 Å². The molecule has 6 nitrogen and oxygen atoms in total. The van der Waals surface area contributed by atoms with E-state index in [1.165, 1.54) is 24.3 Å². The standard InChI is InChI=1S/C24H15Cl3FN3O3/c1-12-5-6-14(25)10-19(12)31-23(33)20(27)21(24(31)34)29-15-4-2-3-13(9-15)22(32)30-16-7-8-18(28)17(26)11-16/h2-11,29H,1H3,(H,30,32). The SMILES string of the molecule is Cc1ccc(Cl)cc1N1C(=O)C(Cl)=C(Nc2cccc(C(=O)Nc3ccc(F)c(Cl)c3)c2)C1=O. The number of imide groups is 1. The first kappa shape index (κ1) is 23.8. The Kier molecular flexibility index (Phi) is 6.61. The van der Waals surface area contributed by atoms with Crippen LogP contribution in [0, 0.1) is 12.7 Å². The molecule has 1 aliphatic rings. The molecule has 34 heavy (non-hydrogen) atoms. The van der Waals surface area contributed by atoms with Crippen molar-refractivity contribution in [1.82, 2.24) is 0 Å². The maximum Gasteiger partial charge on any atom is 0.283 e. The Bertz CT molecular complexity index is 1390. The van der Waals surface area contributed by atoms with Crippen LogP contribution in [-0.2, 0) is 9.59 Å². The summed E-state index contributed by atoms with van der Waals surface area (Å²) >= 11 is 18.0. The Morgan fingerprint density at radius 2 is 1.68 bits per heavy atom. The summed E-state index contributed by atoms with van der Waals surface area (Å²) in [6.45, 7) is 1.74. The first-order chi connectivity index (χ1) is 16.2. The van der Waals surface area contributed by atoms with Crippen molar-refractivity contribution in [3.8, 4) is 0 Å². The van der Waals surface area contributed by atoms with Crippen molar-refractivity contribution in [2.75, 3.05) is 15.5 Å². The van der Waals surface area contributed by atoms with E-state index < -0.39 is 23.5 Å². The fraction of sp³-hybridized carbons (Fsp3) is 0.0417. The van der Waals surface area contributed by atoms with Gasteiger partial charge in [0, 0.05) is 22.0 Å². The van der Waals surface area contributed by atoms with Crippen LogP contribution in [0.15, 0.2) is 71.4 Å². The molecule has 10 heteroatoms. The summed E-state index contributed by atoms with van der Waals surface area (Å²) in [5, 5.41) is 5.39. The summed E-state index contributed by atoms with van der Waals surface area (Å²) < 4.78 is 13.3. The highest BCUT2D eigenvalue weighted by molar-refractivity contribution is 6.53. The minimum Gasteiger partial charge on any atom is -0.350 e. The molecular weight excluding hydrogens is 504 g/mol. The van der Waals surface area contributed by atoms with Crippen LogP contribution in [-0.4, -0.2) is 17.7 Å². The molecule has 0 aliphatic carbocycles. The summed E-state index contributed by atoms with van der Waals surface area (Å²) in [5.74, 6) is -2.44. The summed E-state index contributed by atoms with van der Waals surface area (Å²) in [6, 6.07) is 14.9. The van der Waals surface area contributed by atoms with Crippen LogP contribution < -0.4 is 15.5 Å². The Morgan fingerprint density at radius 1 is 0.912 bits per heavy atom. The van der Waals surface area contributed by atoms with Gasteiger partial charge in [-0.2, -0.15) is 0 Å². The zero-order valence-electron chi connectivity index (χ0n) is 17.5. The predicted molar refractivity (Wildman–Crippen MR) is 131 cm³/mol. The minimum atomic E-state index is -0.693. The molecule has 1 heterocycles. The van der Waals surface area contributed by atoms with Crippen LogP contribution in [0.4, 0.5) is 21.5 Å². The lowest BCUT2D eigenvalue weighted by atomic mass is 10.1. The third kappa shape index (κ3) is 4.63. The molecule has 0 bridgehead atoms. The number of nitrogens with zero attached hydrogens (tertiary/aromatic N) is 1. The second kappa shape index (κ2) is 9.46. The van der Waals surface area contributed by atoms with Crippen LogP contribution in [0.1, 0.15) is 15.9 Å². The molecule has 0 saturated carbocycles. The minimum absolute atomic E-state index is 0.126. The second-order valence-corrected chi connectivity index (χ2v) is 8.58. The molecule has 0 fully saturated rings. The van der Waals surface area contributed by atoms with E-state index in [0.29, 0.717) is 27.6 Å². The lowest BCUT2D eigenvalue weighted by molar-refractivity contribution is -0.120. The number of anilines is 3. The van der Waals surface area contributed by atoms with Gasteiger partial charge in [0.2, 0.25) is 0 Å². The Balaban J connectivity index is 1.56. The molecule has 3 aromatic rings. The normalized spacial score (nSPS) is 13.5. The van der Waals surface area contributed by atoms with Crippen molar-refractivity contribution in [1.29, 1.82) is 0 Å². The number of amides is 3. The van der Waals surface area contributed by atoms with Crippen molar-refractivity contribution in [3.05, 3.63) is 98.4 Å². The quantitative estimate of drug-likeness (QED) is 0.398. The Hall–Kier alpha value is -3.39. The molecular formula is C24H15Cl3FN3O3. The zero-order valence-corrected chi connectivity index (χ0v) is 19.7. The average molecular weight is 519 g/mol. The van der Waals surface area contributed by atoms with Gasteiger partial charge in [-0.05, 0) is 61.0 Å². The predicted octanol–water partition coefficient (Wildman–Crippen LogP) is 6.13. The highest BCUT2D eigenvalue weighted by Crippen LogP contribution is 2.33. The van der Waals surface area contributed by atoms with Crippen molar-refractivity contribution in [2.45, 2.75) is 6.92 Å². The molecule has 4 rings (SSSR count). The molecule has 3 aromatic carbocycles. The molecule has 1 aliphatic heterocycles. The van der Waals surface area contributed by atoms with E-state index in [4.69, 9.17) is 34.8 Å². The van der Waals surface area contributed by atoms with E-state index >= 15 is 0 Å². The van der Waals surface area contributed by atoms with Crippen LogP contribution in [0.25, 0.3) is 0 Å². The van der Waals surface area contributed by atoms with Gasteiger partial charge in [-0.15, -0.1) is 0 Å². The van der Waals surface area contributed by atoms with Crippen molar-refractivity contribution in [3.63, 3.8) is 0 Å². The number of hydrogen-bond donors (Lipinski definition) is 2. The van der Waals surface area contributed by atoms with Gasteiger partial charge in [0.1, 0.15) is 16.5 Å². The number of nitrogens with one attached hydrogen (secondary N) is 2. The summed E-state index contributed by atoms with van der Waals surface area (Å²) in [7, 11) is 0. The van der Waals surface area contributed by atoms with E-state index in [1.807, 2.05) is 0 Å². The third-order valence-electron chi connectivity index (χ3n) is 5.01. The monoisotopic (exact) mass is 517 g/mol. The number of halogens is 4. The fourth-order valence-electron chi connectivity index (χ4n) is 3.31. The first-order valence-electron chi connectivity index (χ1n) is 9.84. The van der Waals surface area contributed by atoms with Gasteiger partial charge in [-0.3, -0.25) is 14.4 Å². The highest BCUT2D eigenvalue weighted by atomic mass is 35.5. The lowest BCUT2D eigenvalue weighted by Crippen LogP contribution is -2.32. The molecule has 0 atom stereocenters. The summed E-state index contributed by atoms with van der Waals surface area (Å²) in [6.07, 6.45) is 0. The number of carbonyl (C=O) groups is 3. The first-order valence-corrected chi connectivity index (χ1v) is 11.0. The van der Waals surface area contributed by atoms with Crippen LogP contribution in [0.5, 0.6) is 0 Å². The number of benzene rings is 3. The topological polar surface area (TPSA) is 78.5 Å². The van der Waals surface area contributed by atoms with Gasteiger partial charge in [0.05, 0.1) is 10.7 Å². The molecule has 0 spiro atoms. The number of hydrogen-bond acceptors (Lipinski definition) is 4. The Morgan fingerprint density at radius 3 is 2.41 bits per heavy atom. The Labute approximate surface area is 208 Å². The van der Waals surface area contributed by atoms with Gasteiger partial charge >= 0.3 is 0 Å². The van der Waals surface area contributed by atoms with Gasteiger partial charge in [0.25, 0.3) is 17.7 Å². The van der Waals surface area contributed by atoms with E-state index in [-0.39, 0.29) is 21.3 Å². The van der Waals surface area contributed by atoms with Gasteiger partial charge in [-0.25, -0.2) is 9.29 Å². The van der Waals surface area contributed by atoms with Crippen molar-refractivity contribution in [2.24, 2.45) is 0 Å². The second-order valence-electron chi connectivity index (χ2n) is 7.35. The largest absolute Gasteiger partial charge is 0.350 e. The zero-order chi connectivity index (χ0) is 24.6. The van der Waals surface area contributed by atoms with Crippen molar-refractivity contribution < 1.29 is 18.8 Å². The van der Waals surface area contributed by atoms with Crippen LogP contribution in [0.3, 0.4) is 0 Å². The molecule has 3 amide bonds. The van der Waals surface area contributed by atoms with Gasteiger partial charge < -0.3 is 10.6 Å². The van der Waals surface area contributed by atoms with E-state index in [0.717, 1.165) is 11.0 Å².